The van der Waals surface area contributed by atoms with Crippen LogP contribution in [-0.2, 0) is 0 Å². The molecule has 2 atom stereocenters. The second kappa shape index (κ2) is 7.87. The third-order valence-electron chi connectivity index (χ3n) is 5.81. The van der Waals surface area contributed by atoms with E-state index in [-0.39, 0.29) is 6.04 Å². The highest BCUT2D eigenvalue weighted by molar-refractivity contribution is 6.01. The van der Waals surface area contributed by atoms with E-state index in [9.17, 15) is 0 Å². The van der Waals surface area contributed by atoms with Crippen LogP contribution >= 0.6 is 0 Å². The first-order valence-corrected chi connectivity index (χ1v) is 10.2. The molecule has 0 N–H and O–H groups in total. The van der Waals surface area contributed by atoms with Crippen LogP contribution in [0.15, 0.2) is 71.8 Å². The summed E-state index contributed by atoms with van der Waals surface area (Å²) in [5.74, 6) is 2.73. The minimum atomic E-state index is -0.462. The molecule has 0 aromatic heterocycles. The molecule has 0 saturated carbocycles. The summed E-state index contributed by atoms with van der Waals surface area (Å²) < 4.78 is 23.2. The van der Waals surface area contributed by atoms with Gasteiger partial charge < -0.3 is 18.9 Å². The molecule has 0 aliphatic carbocycles. The molecular weight excluding hydrogens is 392 g/mol. The Hall–Kier alpha value is -3.67. The maximum Gasteiger partial charge on any atom is 0.217 e. The molecule has 0 unspecified atom stereocenters. The lowest BCUT2D eigenvalue weighted by molar-refractivity contribution is -0.0205. The van der Waals surface area contributed by atoms with Crippen molar-refractivity contribution in [1.82, 2.24) is 5.01 Å². The first kappa shape index (κ1) is 19.3. The highest BCUT2D eigenvalue weighted by Crippen LogP contribution is 2.50. The van der Waals surface area contributed by atoms with E-state index < -0.39 is 6.23 Å². The van der Waals surface area contributed by atoms with Crippen molar-refractivity contribution >= 4 is 5.71 Å². The topological polar surface area (TPSA) is 52.5 Å². The van der Waals surface area contributed by atoms with Crippen LogP contribution in [0.2, 0.25) is 0 Å². The molecule has 158 valence electrons. The molecule has 2 heterocycles. The van der Waals surface area contributed by atoms with Crippen molar-refractivity contribution in [3.8, 4) is 23.0 Å². The van der Waals surface area contributed by atoms with Gasteiger partial charge in [-0.05, 0) is 17.7 Å². The van der Waals surface area contributed by atoms with Crippen LogP contribution in [0, 0.1) is 0 Å². The predicted molar refractivity (Wildman–Crippen MR) is 118 cm³/mol. The van der Waals surface area contributed by atoms with Crippen molar-refractivity contribution in [2.75, 3.05) is 21.3 Å². The lowest BCUT2D eigenvalue weighted by Gasteiger charge is -2.38. The monoisotopic (exact) mass is 416 g/mol. The number of nitrogens with zero attached hydrogens (tertiary/aromatic N) is 2. The molecule has 31 heavy (non-hydrogen) atoms. The quantitative estimate of drug-likeness (QED) is 0.589. The third kappa shape index (κ3) is 3.24. The Morgan fingerprint density at radius 3 is 2.23 bits per heavy atom. The summed E-state index contributed by atoms with van der Waals surface area (Å²) in [6.45, 7) is 0. The second-order valence-electron chi connectivity index (χ2n) is 7.47. The summed E-state index contributed by atoms with van der Waals surface area (Å²) in [4.78, 5) is 0. The van der Waals surface area contributed by atoms with Gasteiger partial charge in [-0.2, -0.15) is 5.10 Å². The Bertz CT molecular complexity index is 1130. The van der Waals surface area contributed by atoms with Gasteiger partial charge in [0, 0.05) is 18.1 Å². The van der Waals surface area contributed by atoms with Gasteiger partial charge in [-0.1, -0.05) is 48.5 Å². The van der Waals surface area contributed by atoms with Gasteiger partial charge in [0.15, 0.2) is 11.5 Å². The number of hydrogen-bond acceptors (Lipinski definition) is 6. The van der Waals surface area contributed by atoms with Crippen LogP contribution in [-0.4, -0.2) is 32.0 Å². The molecule has 0 bridgehead atoms. The number of rotatable bonds is 5. The molecule has 0 radical (unpaired) electrons. The molecule has 3 aromatic carbocycles. The van der Waals surface area contributed by atoms with Crippen molar-refractivity contribution in [1.29, 1.82) is 0 Å². The molecule has 2 aliphatic rings. The van der Waals surface area contributed by atoms with Crippen LogP contribution in [0.5, 0.6) is 23.0 Å². The van der Waals surface area contributed by atoms with E-state index in [1.54, 1.807) is 21.3 Å². The van der Waals surface area contributed by atoms with Gasteiger partial charge in [0.1, 0.15) is 11.5 Å². The molecule has 2 aliphatic heterocycles. The van der Waals surface area contributed by atoms with Gasteiger partial charge >= 0.3 is 0 Å². The lowest BCUT2D eigenvalue weighted by Crippen LogP contribution is -2.34. The molecule has 0 spiro atoms. The summed E-state index contributed by atoms with van der Waals surface area (Å²) in [6, 6.07) is 22.2. The van der Waals surface area contributed by atoms with Crippen LogP contribution in [0.1, 0.15) is 35.4 Å². The van der Waals surface area contributed by atoms with Crippen molar-refractivity contribution in [2.45, 2.75) is 18.7 Å². The average Bonchev–Trinajstić information content (AvgIpc) is 3.29. The summed E-state index contributed by atoms with van der Waals surface area (Å²) in [6.07, 6.45) is 0.340. The van der Waals surface area contributed by atoms with E-state index in [4.69, 9.17) is 24.0 Å². The Morgan fingerprint density at radius 2 is 1.48 bits per heavy atom. The Morgan fingerprint density at radius 1 is 0.806 bits per heavy atom. The highest BCUT2D eigenvalue weighted by Gasteiger charge is 2.42. The lowest BCUT2D eigenvalue weighted by atomic mass is 9.96. The number of hydrazone groups is 1. The fourth-order valence-corrected chi connectivity index (χ4v) is 4.29. The Labute approximate surface area is 181 Å². The smallest absolute Gasteiger partial charge is 0.217 e. The normalized spacial score (nSPS) is 19.1. The summed E-state index contributed by atoms with van der Waals surface area (Å²) in [5, 5.41) is 7.04. The van der Waals surface area contributed by atoms with E-state index in [2.05, 4.69) is 18.2 Å². The summed E-state index contributed by atoms with van der Waals surface area (Å²) in [7, 11) is 4.87. The molecule has 0 fully saturated rings. The summed E-state index contributed by atoms with van der Waals surface area (Å²) in [5.41, 5.74) is 4.12. The number of fused-ring (bicyclic) bond motifs is 3. The number of benzene rings is 3. The predicted octanol–water partition coefficient (Wildman–Crippen LogP) is 4.95. The minimum absolute atomic E-state index is 0.0722. The number of methoxy groups -OCH3 is 3. The van der Waals surface area contributed by atoms with E-state index in [0.29, 0.717) is 17.2 Å². The van der Waals surface area contributed by atoms with Gasteiger partial charge in [-0.3, -0.25) is 0 Å². The molecule has 0 amide bonds. The van der Waals surface area contributed by atoms with Gasteiger partial charge in [-0.25, -0.2) is 5.01 Å². The number of ether oxygens (including phenoxy) is 4. The first-order valence-electron chi connectivity index (χ1n) is 10.2. The van der Waals surface area contributed by atoms with Crippen LogP contribution < -0.4 is 18.9 Å². The SMILES string of the molecule is COc1cc(OC)c([C@@H]2Oc3ccccc3[C@@H]3CC(c4ccccc4)=NN32)cc1OC. The van der Waals surface area contributed by atoms with Crippen molar-refractivity contribution < 1.29 is 18.9 Å². The van der Waals surface area contributed by atoms with Crippen LogP contribution in [0.25, 0.3) is 0 Å². The first-order chi connectivity index (χ1) is 15.2. The summed E-state index contributed by atoms with van der Waals surface area (Å²) >= 11 is 0. The van der Waals surface area contributed by atoms with Gasteiger partial charge in [0.25, 0.3) is 0 Å². The van der Waals surface area contributed by atoms with Crippen molar-refractivity contribution in [3.63, 3.8) is 0 Å². The molecule has 5 rings (SSSR count). The fraction of sp³-hybridized carbons (Fsp3) is 0.240. The van der Waals surface area contributed by atoms with Crippen molar-refractivity contribution in [2.24, 2.45) is 5.10 Å². The van der Waals surface area contributed by atoms with Crippen LogP contribution in [0.4, 0.5) is 0 Å². The Balaban J connectivity index is 1.64. The molecule has 6 nitrogen and oxygen atoms in total. The zero-order chi connectivity index (χ0) is 21.4. The largest absolute Gasteiger partial charge is 0.496 e. The van der Waals surface area contributed by atoms with E-state index >= 15 is 0 Å². The zero-order valence-corrected chi connectivity index (χ0v) is 17.7. The highest BCUT2D eigenvalue weighted by atomic mass is 16.5. The Kier molecular flexibility index (Phi) is 4.90. The maximum absolute atomic E-state index is 6.47. The van der Waals surface area contributed by atoms with E-state index in [1.807, 2.05) is 53.5 Å². The van der Waals surface area contributed by atoms with Gasteiger partial charge in [-0.15, -0.1) is 0 Å². The van der Waals surface area contributed by atoms with Gasteiger partial charge in [0.2, 0.25) is 6.23 Å². The standard InChI is InChI=1S/C25H24N2O4/c1-28-22-15-24(30-3)23(29-2)13-18(22)25-27-20(17-11-7-8-12-21(17)31-25)14-19(26-27)16-9-5-4-6-10-16/h4-13,15,20,25H,14H2,1-3H3/t20-,25-/m0/s1. The molecular formula is C25H24N2O4. The van der Waals surface area contributed by atoms with E-state index in [1.165, 1.54) is 0 Å². The fourth-order valence-electron chi connectivity index (χ4n) is 4.29. The van der Waals surface area contributed by atoms with Crippen LogP contribution in [0.3, 0.4) is 0 Å². The third-order valence-corrected chi connectivity index (χ3v) is 5.81. The maximum atomic E-state index is 6.47. The second-order valence-corrected chi connectivity index (χ2v) is 7.47. The number of para-hydroxylation sites is 1. The number of hydrogen-bond donors (Lipinski definition) is 0. The van der Waals surface area contributed by atoms with Gasteiger partial charge in [0.05, 0.1) is 38.6 Å². The zero-order valence-electron chi connectivity index (χ0n) is 17.7. The van der Waals surface area contributed by atoms with Crippen molar-refractivity contribution in [3.05, 3.63) is 83.4 Å². The average molecular weight is 416 g/mol. The molecule has 0 saturated heterocycles. The molecule has 6 heteroatoms. The minimum Gasteiger partial charge on any atom is -0.496 e. The van der Waals surface area contributed by atoms with E-state index in [0.717, 1.165) is 34.6 Å². The molecule has 3 aromatic rings.